The quantitative estimate of drug-likeness (QED) is 0.532. The fourth-order valence-corrected chi connectivity index (χ4v) is 3.25. The van der Waals surface area contributed by atoms with Gasteiger partial charge in [-0.3, -0.25) is 9.79 Å². The molecule has 27 heavy (non-hydrogen) atoms. The first-order valence-electron chi connectivity index (χ1n) is 9.03. The summed E-state index contributed by atoms with van der Waals surface area (Å²) in [4.78, 5) is 15.5. The first-order valence-corrected chi connectivity index (χ1v) is 9.03. The predicted octanol–water partition coefficient (Wildman–Crippen LogP) is 4.91. The van der Waals surface area contributed by atoms with Gasteiger partial charge >= 0.3 is 6.18 Å². The summed E-state index contributed by atoms with van der Waals surface area (Å²) in [6, 6.07) is 7.07. The van der Waals surface area contributed by atoms with Gasteiger partial charge in [0.1, 0.15) is 0 Å². The van der Waals surface area contributed by atoms with Crippen LogP contribution in [0.25, 0.3) is 0 Å². The number of alkyl halides is 3. The number of rotatable bonds is 7. The number of nitrogens with zero attached hydrogens (tertiary/aromatic N) is 1. The molecule has 1 aliphatic carbocycles. The zero-order valence-corrected chi connectivity index (χ0v) is 15.5. The smallest absolute Gasteiger partial charge is 0.369 e. The summed E-state index contributed by atoms with van der Waals surface area (Å²) in [5.41, 5.74) is 7.05. The number of allylic oxidation sites excluding steroid dienone is 3. The summed E-state index contributed by atoms with van der Waals surface area (Å²) in [7, 11) is 0. The number of hydrogen-bond donors (Lipinski definition) is 1. The molecule has 2 rings (SSSR count). The molecule has 3 nitrogen and oxygen atoms in total. The Morgan fingerprint density at radius 3 is 2.19 bits per heavy atom. The third-order valence-electron chi connectivity index (χ3n) is 4.76. The van der Waals surface area contributed by atoms with Gasteiger partial charge in [0, 0.05) is 17.8 Å². The van der Waals surface area contributed by atoms with E-state index in [4.69, 9.17) is 5.73 Å². The van der Waals surface area contributed by atoms with Gasteiger partial charge < -0.3 is 5.73 Å². The van der Waals surface area contributed by atoms with Gasteiger partial charge in [-0.15, -0.1) is 0 Å². The molecule has 0 radical (unpaired) electrons. The second-order valence-corrected chi connectivity index (χ2v) is 7.03. The van der Waals surface area contributed by atoms with Crippen LogP contribution in [0.2, 0.25) is 0 Å². The van der Waals surface area contributed by atoms with E-state index in [0.29, 0.717) is 11.6 Å². The highest BCUT2D eigenvalue weighted by Crippen LogP contribution is 2.29. The molecule has 1 aromatic rings. The van der Waals surface area contributed by atoms with Crippen molar-refractivity contribution in [2.45, 2.75) is 51.6 Å². The maximum absolute atomic E-state index is 12.9. The Bertz CT molecular complexity index is 740. The van der Waals surface area contributed by atoms with E-state index in [0.717, 1.165) is 48.6 Å². The fraction of sp³-hybridized carbons (Fsp3) is 0.429. The molecule has 0 aliphatic heterocycles. The van der Waals surface area contributed by atoms with Crippen molar-refractivity contribution in [2.24, 2.45) is 16.6 Å². The molecule has 0 atom stereocenters. The third kappa shape index (κ3) is 6.70. The lowest BCUT2D eigenvalue weighted by Gasteiger charge is -2.12. The van der Waals surface area contributed by atoms with Crippen molar-refractivity contribution >= 4 is 11.6 Å². The Hall–Kier alpha value is -2.37. The Balaban J connectivity index is 2.23. The molecule has 1 fully saturated rings. The standard InChI is InChI=1S/C21H25F3N2O/c1-14(21(22,23)24)11-19(26-15(2)18-5-3-4-6-18)12-16-7-9-17(10-8-16)13-20(25)27/h7-11,18H,1,3-6,12-13H2,2H3,(H2,25,27)/b19-11-,26-15+. The highest BCUT2D eigenvalue weighted by atomic mass is 19.4. The molecule has 0 aromatic heterocycles. The topological polar surface area (TPSA) is 55.5 Å². The molecular formula is C21H25F3N2O. The molecule has 1 aromatic carbocycles. The van der Waals surface area contributed by atoms with Crippen LogP contribution in [0.1, 0.15) is 43.7 Å². The van der Waals surface area contributed by atoms with E-state index in [9.17, 15) is 18.0 Å². The van der Waals surface area contributed by atoms with Crippen molar-refractivity contribution in [3.8, 4) is 0 Å². The number of halogens is 3. The number of benzene rings is 1. The first-order chi connectivity index (χ1) is 12.6. The van der Waals surface area contributed by atoms with E-state index in [1.807, 2.05) is 6.92 Å². The number of amides is 1. The minimum atomic E-state index is -4.48. The monoisotopic (exact) mass is 378 g/mol. The Morgan fingerprint density at radius 2 is 1.70 bits per heavy atom. The maximum atomic E-state index is 12.9. The van der Waals surface area contributed by atoms with Crippen molar-refractivity contribution in [1.82, 2.24) is 0 Å². The number of carbonyl (C=O) groups is 1. The molecule has 0 bridgehead atoms. The minimum absolute atomic E-state index is 0.132. The van der Waals surface area contributed by atoms with Crippen molar-refractivity contribution in [3.05, 3.63) is 59.3 Å². The van der Waals surface area contributed by atoms with Crippen LogP contribution in [-0.2, 0) is 17.6 Å². The van der Waals surface area contributed by atoms with Crippen molar-refractivity contribution in [3.63, 3.8) is 0 Å². The summed E-state index contributed by atoms with van der Waals surface area (Å²) in [6.45, 7) is 5.02. The van der Waals surface area contributed by atoms with Gasteiger partial charge in [0.05, 0.1) is 12.0 Å². The van der Waals surface area contributed by atoms with Crippen LogP contribution in [0, 0.1) is 5.92 Å². The summed E-state index contributed by atoms with van der Waals surface area (Å²) in [5.74, 6) is -0.0907. The SMILES string of the molecule is C=C(/C=C(Cc1ccc(CC(N)=O)cc1)\N=C(/C)C1CCCC1)C(F)(F)F. The van der Waals surface area contributed by atoms with Crippen LogP contribution < -0.4 is 5.73 Å². The van der Waals surface area contributed by atoms with Crippen molar-refractivity contribution in [1.29, 1.82) is 0 Å². The second-order valence-electron chi connectivity index (χ2n) is 7.03. The van der Waals surface area contributed by atoms with E-state index in [-0.39, 0.29) is 12.8 Å². The summed E-state index contributed by atoms with van der Waals surface area (Å²) < 4.78 is 38.8. The van der Waals surface area contributed by atoms with E-state index in [1.54, 1.807) is 24.3 Å². The number of carbonyl (C=O) groups excluding carboxylic acids is 1. The van der Waals surface area contributed by atoms with Gasteiger partial charge in [0.2, 0.25) is 5.91 Å². The zero-order chi connectivity index (χ0) is 20.0. The number of hydrogen-bond acceptors (Lipinski definition) is 2. The van der Waals surface area contributed by atoms with Gasteiger partial charge in [-0.2, -0.15) is 13.2 Å². The molecule has 0 unspecified atom stereocenters. The van der Waals surface area contributed by atoms with Crippen LogP contribution >= 0.6 is 0 Å². The van der Waals surface area contributed by atoms with E-state index in [2.05, 4.69) is 11.6 Å². The molecule has 2 N–H and O–H groups in total. The molecule has 1 aliphatic rings. The molecule has 1 saturated carbocycles. The van der Waals surface area contributed by atoms with Gasteiger partial charge in [-0.1, -0.05) is 43.7 Å². The lowest BCUT2D eigenvalue weighted by Crippen LogP contribution is -2.13. The predicted molar refractivity (Wildman–Crippen MR) is 101 cm³/mol. The van der Waals surface area contributed by atoms with E-state index >= 15 is 0 Å². The van der Waals surface area contributed by atoms with Gasteiger partial charge in [0.25, 0.3) is 0 Å². The zero-order valence-electron chi connectivity index (χ0n) is 15.5. The van der Waals surface area contributed by atoms with Crippen LogP contribution in [0.4, 0.5) is 13.2 Å². The Kier molecular flexibility index (Phi) is 6.99. The first kappa shape index (κ1) is 20.9. The molecule has 0 spiro atoms. The van der Waals surface area contributed by atoms with Crippen LogP contribution in [0.15, 0.2) is 53.2 Å². The van der Waals surface area contributed by atoms with E-state index in [1.165, 1.54) is 0 Å². The summed E-state index contributed by atoms with van der Waals surface area (Å²) >= 11 is 0. The average molecular weight is 378 g/mol. The fourth-order valence-electron chi connectivity index (χ4n) is 3.25. The second kappa shape index (κ2) is 9.02. The normalized spacial score (nSPS) is 16.6. The lowest BCUT2D eigenvalue weighted by atomic mass is 10.0. The average Bonchev–Trinajstić information content (AvgIpc) is 3.09. The number of primary amides is 1. The Labute approximate surface area is 157 Å². The Morgan fingerprint density at radius 1 is 1.19 bits per heavy atom. The van der Waals surface area contributed by atoms with Crippen LogP contribution in [0.3, 0.4) is 0 Å². The van der Waals surface area contributed by atoms with Crippen molar-refractivity contribution in [2.75, 3.05) is 0 Å². The largest absolute Gasteiger partial charge is 0.415 e. The molecule has 6 heteroatoms. The molecule has 1 amide bonds. The lowest BCUT2D eigenvalue weighted by molar-refractivity contribution is -0.117. The third-order valence-corrected chi connectivity index (χ3v) is 4.76. The summed E-state index contributed by atoms with van der Waals surface area (Å²) in [6.07, 6.45) is 1.27. The maximum Gasteiger partial charge on any atom is 0.415 e. The highest BCUT2D eigenvalue weighted by molar-refractivity contribution is 5.85. The molecule has 146 valence electrons. The van der Waals surface area contributed by atoms with Gasteiger partial charge in [0.15, 0.2) is 0 Å². The van der Waals surface area contributed by atoms with Crippen molar-refractivity contribution < 1.29 is 18.0 Å². The summed E-state index contributed by atoms with van der Waals surface area (Å²) in [5, 5.41) is 0. The highest BCUT2D eigenvalue weighted by Gasteiger charge is 2.30. The van der Waals surface area contributed by atoms with Crippen LogP contribution in [-0.4, -0.2) is 17.8 Å². The van der Waals surface area contributed by atoms with E-state index < -0.39 is 17.7 Å². The number of aliphatic imine (C=N–C) groups is 1. The molecule has 0 saturated heterocycles. The van der Waals surface area contributed by atoms with Gasteiger partial charge in [-0.05, 0) is 42.9 Å². The molecular weight excluding hydrogens is 353 g/mol. The van der Waals surface area contributed by atoms with Gasteiger partial charge in [-0.25, -0.2) is 0 Å². The number of nitrogens with two attached hydrogens (primary N) is 1. The molecule has 0 heterocycles. The van der Waals surface area contributed by atoms with Crippen LogP contribution in [0.5, 0.6) is 0 Å². The minimum Gasteiger partial charge on any atom is -0.369 e.